The number of methoxy groups -OCH3 is 1. The molecule has 3 aromatic carbocycles. The number of ether oxygens (including phenoxy) is 1. The Labute approximate surface area is 217 Å². The van der Waals surface area contributed by atoms with Crippen molar-refractivity contribution in [1.29, 1.82) is 0 Å². The van der Waals surface area contributed by atoms with Crippen LogP contribution in [0.2, 0.25) is 0 Å². The Balaban J connectivity index is 1.65. The summed E-state index contributed by atoms with van der Waals surface area (Å²) in [5, 5.41) is 10.6. The first-order valence-electron chi connectivity index (χ1n) is 12.3. The molecule has 36 heavy (non-hydrogen) atoms. The molecule has 2 heterocycles. The summed E-state index contributed by atoms with van der Waals surface area (Å²) in [6.45, 7) is 4.25. The first kappa shape index (κ1) is 23.9. The number of hydrogen-bond donors (Lipinski definition) is 3. The number of nitrogens with zero attached hydrogens (tertiary/aromatic N) is 1. The predicted molar refractivity (Wildman–Crippen MR) is 147 cm³/mol. The van der Waals surface area contributed by atoms with Crippen molar-refractivity contribution in [2.75, 3.05) is 12.0 Å². The zero-order valence-electron chi connectivity index (χ0n) is 20.7. The topological polar surface area (TPSA) is 65.6 Å². The molecule has 0 radical (unpaired) electrons. The molecule has 6 nitrogen and oxygen atoms in total. The number of anilines is 1. The van der Waals surface area contributed by atoms with Crippen molar-refractivity contribution in [1.82, 2.24) is 16.0 Å². The minimum atomic E-state index is -0.449. The highest BCUT2D eigenvalue weighted by Crippen LogP contribution is 2.40. The molecule has 3 N–H and O–H groups in total. The van der Waals surface area contributed by atoms with E-state index in [0.29, 0.717) is 27.9 Å². The van der Waals surface area contributed by atoms with E-state index in [0.717, 1.165) is 24.0 Å². The molecular weight excluding hydrogens is 468 g/mol. The number of benzene rings is 3. The molecule has 0 saturated heterocycles. The molecule has 0 aromatic heterocycles. The third kappa shape index (κ3) is 4.31. The number of amides is 1. The molecule has 3 aromatic rings. The number of rotatable bonds is 6. The number of thiocarbonyl (C=S) groups is 1. The van der Waals surface area contributed by atoms with Crippen LogP contribution in [-0.4, -0.2) is 18.1 Å². The van der Waals surface area contributed by atoms with Crippen molar-refractivity contribution in [3.05, 3.63) is 106 Å². The van der Waals surface area contributed by atoms with Gasteiger partial charge in [0.05, 0.1) is 24.4 Å². The van der Waals surface area contributed by atoms with Crippen LogP contribution in [0.25, 0.3) is 0 Å². The zero-order valence-corrected chi connectivity index (χ0v) is 21.5. The third-order valence-electron chi connectivity index (χ3n) is 6.83. The van der Waals surface area contributed by atoms with Crippen molar-refractivity contribution >= 4 is 28.9 Å². The molecule has 184 valence electrons. The summed E-state index contributed by atoms with van der Waals surface area (Å²) in [6.07, 6.45) is 1.45. The number of hydrogen-bond acceptors (Lipinski definition) is 4. The fraction of sp³-hybridized carbons (Fsp3) is 0.241. The number of carbonyl (C=O) groups is 1. The van der Waals surface area contributed by atoms with Gasteiger partial charge in [-0.1, -0.05) is 74.5 Å². The summed E-state index contributed by atoms with van der Waals surface area (Å²) < 4.78 is 5.67. The smallest absolute Gasteiger partial charge is 0.262 e. The van der Waals surface area contributed by atoms with Crippen molar-refractivity contribution < 1.29 is 9.53 Å². The molecule has 7 heteroatoms. The Morgan fingerprint density at radius 3 is 2.08 bits per heavy atom. The minimum Gasteiger partial charge on any atom is -0.495 e. The highest BCUT2D eigenvalue weighted by molar-refractivity contribution is 7.80. The molecule has 0 saturated carbocycles. The fourth-order valence-corrected chi connectivity index (χ4v) is 5.02. The van der Waals surface area contributed by atoms with E-state index in [1.807, 2.05) is 24.3 Å². The lowest BCUT2D eigenvalue weighted by Crippen LogP contribution is -2.58. The van der Waals surface area contributed by atoms with Crippen LogP contribution in [0.1, 0.15) is 48.3 Å². The molecule has 0 unspecified atom stereocenters. The van der Waals surface area contributed by atoms with E-state index < -0.39 is 6.17 Å². The van der Waals surface area contributed by atoms with Crippen LogP contribution in [0.3, 0.4) is 0 Å². The molecule has 5 rings (SSSR count). The van der Waals surface area contributed by atoms with Gasteiger partial charge in [-0.05, 0) is 59.4 Å². The second-order valence-corrected chi connectivity index (χ2v) is 9.31. The lowest BCUT2D eigenvalue weighted by atomic mass is 9.92. The van der Waals surface area contributed by atoms with Crippen molar-refractivity contribution in [2.24, 2.45) is 0 Å². The first-order chi connectivity index (χ1) is 17.5. The fourth-order valence-electron chi connectivity index (χ4n) is 4.80. The summed E-state index contributed by atoms with van der Waals surface area (Å²) in [4.78, 5) is 16.2. The highest BCUT2D eigenvalue weighted by Gasteiger charge is 2.43. The predicted octanol–water partition coefficient (Wildman–Crippen LogP) is 4.89. The van der Waals surface area contributed by atoms with Crippen LogP contribution in [0.4, 0.5) is 5.69 Å². The van der Waals surface area contributed by atoms with E-state index in [1.165, 1.54) is 11.1 Å². The maximum atomic E-state index is 14.4. The number of nitrogens with one attached hydrogen (secondary N) is 3. The minimum absolute atomic E-state index is 0.120. The zero-order chi connectivity index (χ0) is 25.2. The van der Waals surface area contributed by atoms with Gasteiger partial charge in [-0.3, -0.25) is 9.69 Å². The SMILES string of the molecule is CCc1ccc([C@H]2NC(=S)NC3=C2C(=O)N(c2ccccc2OC)[C@H](c2ccc(CC)cc2)N3)cc1. The van der Waals surface area contributed by atoms with Crippen molar-refractivity contribution in [3.8, 4) is 5.75 Å². The number of aryl methyl sites for hydroxylation is 2. The summed E-state index contributed by atoms with van der Waals surface area (Å²) in [5.41, 5.74) is 5.70. The second-order valence-electron chi connectivity index (χ2n) is 8.90. The van der Waals surface area contributed by atoms with Gasteiger partial charge in [-0.15, -0.1) is 0 Å². The summed E-state index contributed by atoms with van der Waals surface area (Å²) >= 11 is 5.55. The standard InChI is InChI=1S/C29H30N4O2S/c1-4-18-10-14-20(15-11-18)25-24-26(32-29(36)30-25)31-27(21-16-12-19(5-2)13-17-21)33(28(24)34)22-8-6-7-9-23(22)35-3/h6-17,25,27,31H,4-5H2,1-3H3,(H2,30,32,36)/t25-,27-/m1/s1. The monoisotopic (exact) mass is 498 g/mol. The lowest BCUT2D eigenvalue weighted by Gasteiger charge is -2.43. The summed E-state index contributed by atoms with van der Waals surface area (Å²) in [5.74, 6) is 1.14. The quantitative estimate of drug-likeness (QED) is 0.421. The first-order valence-corrected chi connectivity index (χ1v) is 12.7. The van der Waals surface area contributed by atoms with E-state index in [-0.39, 0.29) is 11.9 Å². The summed E-state index contributed by atoms with van der Waals surface area (Å²) in [7, 11) is 1.62. The largest absolute Gasteiger partial charge is 0.495 e. The molecule has 0 fully saturated rings. The van der Waals surface area contributed by atoms with Gasteiger partial charge >= 0.3 is 0 Å². The molecule has 2 aliphatic heterocycles. The van der Waals surface area contributed by atoms with Crippen LogP contribution in [0.5, 0.6) is 5.75 Å². The van der Waals surface area contributed by atoms with E-state index >= 15 is 0 Å². The normalized spacial score (nSPS) is 19.2. The third-order valence-corrected chi connectivity index (χ3v) is 7.05. The van der Waals surface area contributed by atoms with Gasteiger partial charge in [0.15, 0.2) is 5.11 Å². The van der Waals surface area contributed by atoms with Gasteiger partial charge in [0.25, 0.3) is 5.91 Å². The van der Waals surface area contributed by atoms with Gasteiger partial charge in [-0.2, -0.15) is 0 Å². The van der Waals surface area contributed by atoms with Crippen LogP contribution < -0.4 is 25.6 Å². The Hall–Kier alpha value is -3.84. The molecule has 0 spiro atoms. The molecular formula is C29H30N4O2S. The van der Waals surface area contributed by atoms with E-state index in [1.54, 1.807) is 12.0 Å². The Kier molecular flexibility index (Phi) is 6.65. The Bertz CT molecular complexity index is 1320. The van der Waals surface area contributed by atoms with E-state index in [4.69, 9.17) is 17.0 Å². The van der Waals surface area contributed by atoms with Crippen molar-refractivity contribution in [3.63, 3.8) is 0 Å². The Morgan fingerprint density at radius 2 is 1.47 bits per heavy atom. The maximum absolute atomic E-state index is 14.4. The Morgan fingerprint density at radius 1 is 0.861 bits per heavy atom. The molecule has 1 amide bonds. The second kappa shape index (κ2) is 10.0. The van der Waals surface area contributed by atoms with Crippen LogP contribution in [0, 0.1) is 0 Å². The molecule has 0 bridgehead atoms. The molecule has 2 aliphatic rings. The van der Waals surface area contributed by atoms with Gasteiger partial charge in [0, 0.05) is 0 Å². The maximum Gasteiger partial charge on any atom is 0.262 e. The van der Waals surface area contributed by atoms with E-state index in [2.05, 4.69) is 78.3 Å². The van der Waals surface area contributed by atoms with Gasteiger partial charge < -0.3 is 20.7 Å². The van der Waals surface area contributed by atoms with Crippen LogP contribution in [-0.2, 0) is 17.6 Å². The average Bonchev–Trinajstić information content (AvgIpc) is 2.92. The van der Waals surface area contributed by atoms with Gasteiger partial charge in [-0.25, -0.2) is 0 Å². The van der Waals surface area contributed by atoms with Crippen molar-refractivity contribution in [2.45, 2.75) is 38.9 Å². The molecule has 0 aliphatic carbocycles. The van der Waals surface area contributed by atoms with Gasteiger partial charge in [0.1, 0.15) is 17.7 Å². The van der Waals surface area contributed by atoms with Crippen LogP contribution in [0.15, 0.2) is 84.2 Å². The van der Waals surface area contributed by atoms with E-state index in [9.17, 15) is 4.79 Å². The number of carbonyl (C=O) groups excluding carboxylic acids is 1. The lowest BCUT2D eigenvalue weighted by molar-refractivity contribution is -0.116. The molecule has 2 atom stereocenters. The summed E-state index contributed by atoms with van der Waals surface area (Å²) in [6, 6.07) is 23.9. The average molecular weight is 499 g/mol. The number of para-hydroxylation sites is 2. The highest BCUT2D eigenvalue weighted by atomic mass is 32.1. The van der Waals surface area contributed by atoms with Crippen LogP contribution >= 0.6 is 12.2 Å². The van der Waals surface area contributed by atoms with Gasteiger partial charge in [0.2, 0.25) is 0 Å².